The van der Waals surface area contributed by atoms with Crippen LogP contribution in [0.25, 0.3) is 16.7 Å². The molecule has 0 bridgehead atoms. The van der Waals surface area contributed by atoms with Crippen molar-refractivity contribution in [2.75, 3.05) is 0 Å². The second-order valence-corrected chi connectivity index (χ2v) is 5.55. The number of rotatable bonds is 2. The van der Waals surface area contributed by atoms with Crippen molar-refractivity contribution in [3.63, 3.8) is 0 Å². The molecule has 3 heteroatoms. The molecule has 0 atom stereocenters. The standard InChI is InChI=1S/C17H17ClN2/c1-11-4-6-15(13(3)8-11)20-16-7-5-12(2)9-14(16)19-17(20)10-18/h4-9H,10H2,1-3H3. The van der Waals surface area contributed by atoms with Crippen molar-refractivity contribution in [2.45, 2.75) is 26.7 Å². The van der Waals surface area contributed by atoms with Gasteiger partial charge in [-0.2, -0.15) is 0 Å². The summed E-state index contributed by atoms with van der Waals surface area (Å²) in [7, 11) is 0. The van der Waals surface area contributed by atoms with Gasteiger partial charge >= 0.3 is 0 Å². The number of fused-ring (bicyclic) bond motifs is 1. The molecule has 20 heavy (non-hydrogen) atoms. The van der Waals surface area contributed by atoms with E-state index in [2.05, 4.69) is 66.7 Å². The number of nitrogens with zero attached hydrogens (tertiary/aromatic N) is 2. The van der Waals surface area contributed by atoms with Crippen LogP contribution in [0.3, 0.4) is 0 Å². The number of imidazole rings is 1. The van der Waals surface area contributed by atoms with Gasteiger partial charge in [-0.3, -0.25) is 4.57 Å². The van der Waals surface area contributed by atoms with Crippen molar-refractivity contribution < 1.29 is 0 Å². The molecule has 3 rings (SSSR count). The summed E-state index contributed by atoms with van der Waals surface area (Å²) in [5.41, 5.74) is 6.97. The summed E-state index contributed by atoms with van der Waals surface area (Å²) in [5, 5.41) is 0. The summed E-state index contributed by atoms with van der Waals surface area (Å²) in [5.74, 6) is 1.29. The van der Waals surface area contributed by atoms with Crippen LogP contribution in [0.5, 0.6) is 0 Å². The highest BCUT2D eigenvalue weighted by molar-refractivity contribution is 6.17. The molecule has 0 fully saturated rings. The van der Waals surface area contributed by atoms with E-state index in [0.717, 1.165) is 22.5 Å². The fourth-order valence-electron chi connectivity index (χ4n) is 2.65. The lowest BCUT2D eigenvalue weighted by Crippen LogP contribution is -2.01. The fraction of sp³-hybridized carbons (Fsp3) is 0.235. The van der Waals surface area contributed by atoms with E-state index in [9.17, 15) is 0 Å². The first-order valence-corrected chi connectivity index (χ1v) is 7.25. The van der Waals surface area contributed by atoms with E-state index in [1.54, 1.807) is 0 Å². The SMILES string of the molecule is Cc1ccc(-n2c(CCl)nc3cc(C)ccc32)c(C)c1. The van der Waals surface area contributed by atoms with Crippen molar-refractivity contribution in [1.82, 2.24) is 9.55 Å². The van der Waals surface area contributed by atoms with E-state index in [4.69, 9.17) is 11.6 Å². The number of benzene rings is 2. The van der Waals surface area contributed by atoms with Gasteiger partial charge in [-0.25, -0.2) is 4.98 Å². The van der Waals surface area contributed by atoms with Gasteiger partial charge < -0.3 is 0 Å². The first-order chi connectivity index (χ1) is 9.60. The summed E-state index contributed by atoms with van der Waals surface area (Å²) in [6.45, 7) is 6.31. The molecule has 0 amide bonds. The molecule has 2 nitrogen and oxygen atoms in total. The van der Waals surface area contributed by atoms with Crippen LogP contribution in [0.1, 0.15) is 22.5 Å². The smallest absolute Gasteiger partial charge is 0.129 e. The van der Waals surface area contributed by atoms with Gasteiger partial charge in [-0.1, -0.05) is 23.8 Å². The molecule has 0 aliphatic carbocycles. The number of halogens is 1. The molecular formula is C17H17ClN2. The average molecular weight is 285 g/mol. The molecule has 0 spiro atoms. The summed E-state index contributed by atoms with van der Waals surface area (Å²) >= 11 is 6.09. The third kappa shape index (κ3) is 2.10. The van der Waals surface area contributed by atoms with Crippen LogP contribution in [0.2, 0.25) is 0 Å². The van der Waals surface area contributed by atoms with Crippen molar-refractivity contribution in [2.24, 2.45) is 0 Å². The molecule has 102 valence electrons. The number of alkyl halides is 1. The Labute approximate surface area is 124 Å². The van der Waals surface area contributed by atoms with E-state index >= 15 is 0 Å². The minimum absolute atomic E-state index is 0.404. The molecule has 0 aliphatic rings. The highest BCUT2D eigenvalue weighted by Gasteiger charge is 2.13. The molecule has 0 aliphatic heterocycles. The Balaban J connectivity index is 2.34. The molecule has 3 aromatic rings. The van der Waals surface area contributed by atoms with Gasteiger partial charge in [0.15, 0.2) is 0 Å². The Morgan fingerprint density at radius 1 is 1.00 bits per heavy atom. The van der Waals surface area contributed by atoms with E-state index in [0.29, 0.717) is 5.88 Å². The predicted octanol–water partition coefficient (Wildman–Crippen LogP) is 4.69. The molecule has 0 N–H and O–H groups in total. The quantitative estimate of drug-likeness (QED) is 0.624. The zero-order valence-corrected chi connectivity index (χ0v) is 12.7. The van der Waals surface area contributed by atoms with Crippen LogP contribution in [-0.4, -0.2) is 9.55 Å². The first-order valence-electron chi connectivity index (χ1n) is 6.71. The van der Waals surface area contributed by atoms with Crippen LogP contribution in [0.4, 0.5) is 0 Å². The van der Waals surface area contributed by atoms with Crippen LogP contribution < -0.4 is 0 Å². The maximum Gasteiger partial charge on any atom is 0.129 e. The Kier molecular flexibility index (Phi) is 3.27. The molecular weight excluding hydrogens is 268 g/mol. The van der Waals surface area contributed by atoms with Crippen LogP contribution >= 0.6 is 11.6 Å². The molecule has 0 radical (unpaired) electrons. The second kappa shape index (κ2) is 4.95. The Morgan fingerprint density at radius 2 is 1.70 bits per heavy atom. The summed E-state index contributed by atoms with van der Waals surface area (Å²) in [6.07, 6.45) is 0. The van der Waals surface area contributed by atoms with Gasteiger partial charge in [0.1, 0.15) is 5.82 Å². The third-order valence-electron chi connectivity index (χ3n) is 3.59. The van der Waals surface area contributed by atoms with E-state index in [1.165, 1.54) is 16.7 Å². The van der Waals surface area contributed by atoms with E-state index in [1.807, 2.05) is 0 Å². The first kappa shape index (κ1) is 13.2. The van der Waals surface area contributed by atoms with Crippen LogP contribution in [-0.2, 0) is 5.88 Å². The van der Waals surface area contributed by atoms with Gasteiger partial charge in [-0.05, 0) is 50.1 Å². The van der Waals surface area contributed by atoms with Crippen molar-refractivity contribution in [3.8, 4) is 5.69 Å². The molecule has 2 aromatic carbocycles. The van der Waals surface area contributed by atoms with Crippen LogP contribution in [0.15, 0.2) is 36.4 Å². The Hall–Kier alpha value is -1.80. The lowest BCUT2D eigenvalue weighted by Gasteiger charge is -2.12. The second-order valence-electron chi connectivity index (χ2n) is 5.28. The fourth-order valence-corrected chi connectivity index (χ4v) is 2.83. The Morgan fingerprint density at radius 3 is 2.40 bits per heavy atom. The van der Waals surface area contributed by atoms with Crippen molar-refractivity contribution in [3.05, 3.63) is 58.9 Å². The minimum Gasteiger partial charge on any atom is -0.295 e. The van der Waals surface area contributed by atoms with Crippen molar-refractivity contribution >= 4 is 22.6 Å². The van der Waals surface area contributed by atoms with Gasteiger partial charge in [0.05, 0.1) is 22.6 Å². The zero-order chi connectivity index (χ0) is 14.3. The highest BCUT2D eigenvalue weighted by Crippen LogP contribution is 2.26. The number of aromatic nitrogens is 2. The zero-order valence-electron chi connectivity index (χ0n) is 11.9. The lowest BCUT2D eigenvalue weighted by atomic mass is 10.1. The Bertz CT molecular complexity index is 787. The van der Waals surface area contributed by atoms with Crippen LogP contribution in [0, 0.1) is 20.8 Å². The summed E-state index contributed by atoms with van der Waals surface area (Å²) in [6, 6.07) is 12.8. The van der Waals surface area contributed by atoms with Gasteiger partial charge in [0.2, 0.25) is 0 Å². The van der Waals surface area contributed by atoms with E-state index < -0.39 is 0 Å². The van der Waals surface area contributed by atoms with Gasteiger partial charge in [0.25, 0.3) is 0 Å². The summed E-state index contributed by atoms with van der Waals surface area (Å²) in [4.78, 5) is 4.66. The topological polar surface area (TPSA) is 17.8 Å². The van der Waals surface area contributed by atoms with E-state index in [-0.39, 0.29) is 0 Å². The van der Waals surface area contributed by atoms with Gasteiger partial charge in [0, 0.05) is 0 Å². The monoisotopic (exact) mass is 284 g/mol. The molecule has 1 heterocycles. The van der Waals surface area contributed by atoms with Crippen molar-refractivity contribution in [1.29, 1.82) is 0 Å². The third-order valence-corrected chi connectivity index (χ3v) is 3.83. The summed E-state index contributed by atoms with van der Waals surface area (Å²) < 4.78 is 2.16. The maximum atomic E-state index is 6.09. The maximum absolute atomic E-state index is 6.09. The minimum atomic E-state index is 0.404. The average Bonchev–Trinajstić information content (AvgIpc) is 2.76. The molecule has 0 saturated carbocycles. The number of hydrogen-bond acceptors (Lipinski definition) is 1. The number of hydrogen-bond donors (Lipinski definition) is 0. The van der Waals surface area contributed by atoms with Gasteiger partial charge in [-0.15, -0.1) is 11.6 Å². The predicted molar refractivity (Wildman–Crippen MR) is 84.8 cm³/mol. The molecule has 0 unspecified atom stereocenters. The molecule has 0 saturated heterocycles. The lowest BCUT2D eigenvalue weighted by molar-refractivity contribution is 0.971. The largest absolute Gasteiger partial charge is 0.295 e. The number of aryl methyl sites for hydroxylation is 3. The highest BCUT2D eigenvalue weighted by atomic mass is 35.5. The normalized spacial score (nSPS) is 11.2. The molecule has 1 aromatic heterocycles.